The Hall–Kier alpha value is -3.25. The molecule has 1 atom stereocenters. The number of fused-ring (bicyclic) bond motifs is 1. The lowest BCUT2D eigenvalue weighted by Gasteiger charge is -2.16. The average Bonchev–Trinajstić information content (AvgIpc) is 2.74. The number of nitrogens with one attached hydrogen (secondary N) is 2. The Bertz CT molecular complexity index is 1060. The smallest absolute Gasteiger partial charge is 0.279 e. The van der Waals surface area contributed by atoms with Crippen molar-refractivity contribution in [2.45, 2.75) is 26.9 Å². The van der Waals surface area contributed by atoms with Crippen molar-refractivity contribution in [3.8, 4) is 11.5 Å². The van der Waals surface area contributed by atoms with Gasteiger partial charge in [-0.25, -0.2) is 0 Å². The number of rotatable bonds is 6. The Morgan fingerprint density at radius 1 is 0.933 bits per heavy atom. The van der Waals surface area contributed by atoms with E-state index in [1.54, 1.807) is 25.1 Å². The van der Waals surface area contributed by atoms with Gasteiger partial charge in [-0.3, -0.25) is 20.4 Å². The van der Waals surface area contributed by atoms with Crippen molar-refractivity contribution in [2.24, 2.45) is 0 Å². The second kappa shape index (κ2) is 9.50. The van der Waals surface area contributed by atoms with Crippen LogP contribution < -0.4 is 20.3 Å². The van der Waals surface area contributed by atoms with E-state index in [1.165, 1.54) is 0 Å². The van der Waals surface area contributed by atoms with Crippen LogP contribution in [-0.2, 0) is 9.59 Å². The molecule has 156 valence electrons. The van der Waals surface area contributed by atoms with E-state index < -0.39 is 17.9 Å². The van der Waals surface area contributed by atoms with Crippen LogP contribution in [0.1, 0.15) is 18.1 Å². The summed E-state index contributed by atoms with van der Waals surface area (Å²) < 4.78 is 11.1. The third-order valence-electron chi connectivity index (χ3n) is 4.51. The van der Waals surface area contributed by atoms with E-state index in [9.17, 15) is 9.59 Å². The summed E-state index contributed by atoms with van der Waals surface area (Å²) in [5.74, 6) is 0.129. The standard InChI is InChI=1S/C23H23ClN2O4/c1-14-10-20(11-15(2)22(14)24)29-13-21(27)25-26-23(28)16(3)30-19-9-8-17-6-4-5-7-18(17)12-19/h4-12,16H,13H2,1-3H3,(H,25,27)(H,26,28). The maximum atomic E-state index is 12.2. The van der Waals surface area contributed by atoms with E-state index in [4.69, 9.17) is 21.1 Å². The lowest BCUT2D eigenvalue weighted by molar-refractivity contribution is -0.133. The highest BCUT2D eigenvalue weighted by Gasteiger charge is 2.16. The molecule has 7 heteroatoms. The van der Waals surface area contributed by atoms with Crippen LogP contribution in [-0.4, -0.2) is 24.5 Å². The number of ether oxygens (including phenoxy) is 2. The first-order valence-corrected chi connectivity index (χ1v) is 9.85. The van der Waals surface area contributed by atoms with Gasteiger partial charge in [-0.2, -0.15) is 0 Å². The highest BCUT2D eigenvalue weighted by molar-refractivity contribution is 6.32. The van der Waals surface area contributed by atoms with Gasteiger partial charge in [0.15, 0.2) is 12.7 Å². The molecule has 0 aliphatic carbocycles. The zero-order valence-electron chi connectivity index (χ0n) is 17.0. The monoisotopic (exact) mass is 426 g/mol. The lowest BCUT2D eigenvalue weighted by Crippen LogP contribution is -2.48. The summed E-state index contributed by atoms with van der Waals surface area (Å²) in [7, 11) is 0. The number of hydrazine groups is 1. The van der Waals surface area contributed by atoms with Gasteiger partial charge in [-0.15, -0.1) is 0 Å². The van der Waals surface area contributed by atoms with Crippen LogP contribution in [0.25, 0.3) is 10.8 Å². The number of hydrogen-bond acceptors (Lipinski definition) is 4. The zero-order valence-corrected chi connectivity index (χ0v) is 17.7. The summed E-state index contributed by atoms with van der Waals surface area (Å²) in [6.45, 7) is 5.08. The molecule has 2 N–H and O–H groups in total. The predicted molar refractivity (Wildman–Crippen MR) is 117 cm³/mol. The van der Waals surface area contributed by atoms with E-state index >= 15 is 0 Å². The molecular weight excluding hydrogens is 404 g/mol. The Kier molecular flexibility index (Phi) is 6.79. The number of amides is 2. The largest absolute Gasteiger partial charge is 0.484 e. The molecule has 0 aromatic heterocycles. The van der Waals surface area contributed by atoms with Gasteiger partial charge < -0.3 is 9.47 Å². The molecule has 0 saturated carbocycles. The number of carbonyl (C=O) groups is 2. The molecule has 0 fully saturated rings. The van der Waals surface area contributed by atoms with Gasteiger partial charge in [0.1, 0.15) is 11.5 Å². The van der Waals surface area contributed by atoms with Crippen molar-refractivity contribution in [3.63, 3.8) is 0 Å². The zero-order chi connectivity index (χ0) is 21.7. The predicted octanol–water partition coefficient (Wildman–Crippen LogP) is 4.10. The molecule has 3 rings (SSSR count). The molecule has 0 saturated heterocycles. The minimum atomic E-state index is -0.797. The molecule has 6 nitrogen and oxygen atoms in total. The first-order chi connectivity index (χ1) is 14.3. The molecule has 0 heterocycles. The fourth-order valence-corrected chi connectivity index (χ4v) is 3.01. The van der Waals surface area contributed by atoms with Gasteiger partial charge in [0.2, 0.25) is 0 Å². The van der Waals surface area contributed by atoms with Crippen LogP contribution in [0.2, 0.25) is 5.02 Å². The summed E-state index contributed by atoms with van der Waals surface area (Å²) in [5, 5.41) is 2.76. The first kappa shape index (κ1) is 21.5. The van der Waals surface area contributed by atoms with E-state index in [1.807, 2.05) is 50.2 Å². The minimum absolute atomic E-state index is 0.249. The third kappa shape index (κ3) is 5.42. The number of hydrogen-bond donors (Lipinski definition) is 2. The number of carbonyl (C=O) groups excluding carboxylic acids is 2. The number of aryl methyl sites for hydroxylation is 2. The molecule has 0 bridgehead atoms. The summed E-state index contributed by atoms with van der Waals surface area (Å²) in [4.78, 5) is 24.2. The van der Waals surface area contributed by atoms with Gasteiger partial charge in [-0.1, -0.05) is 41.9 Å². The van der Waals surface area contributed by atoms with Crippen LogP contribution in [0, 0.1) is 13.8 Å². The van der Waals surface area contributed by atoms with Crippen LogP contribution >= 0.6 is 11.6 Å². The molecule has 30 heavy (non-hydrogen) atoms. The van der Waals surface area contributed by atoms with E-state index in [-0.39, 0.29) is 6.61 Å². The highest BCUT2D eigenvalue weighted by atomic mass is 35.5. The van der Waals surface area contributed by atoms with Crippen LogP contribution in [0.15, 0.2) is 54.6 Å². The fourth-order valence-electron chi connectivity index (χ4n) is 2.91. The molecule has 0 radical (unpaired) electrons. The van der Waals surface area contributed by atoms with Gasteiger partial charge in [-0.05, 0) is 66.9 Å². The molecule has 2 amide bonds. The van der Waals surface area contributed by atoms with Crippen LogP contribution in [0.3, 0.4) is 0 Å². The first-order valence-electron chi connectivity index (χ1n) is 9.47. The molecule has 1 unspecified atom stereocenters. The van der Waals surface area contributed by atoms with Crippen molar-refractivity contribution in [2.75, 3.05) is 6.61 Å². The Morgan fingerprint density at radius 3 is 2.30 bits per heavy atom. The van der Waals surface area contributed by atoms with Gasteiger partial charge in [0, 0.05) is 5.02 Å². The van der Waals surface area contributed by atoms with Crippen molar-refractivity contribution < 1.29 is 19.1 Å². The second-order valence-electron chi connectivity index (χ2n) is 6.97. The normalized spacial score (nSPS) is 11.6. The molecule has 0 spiro atoms. The summed E-state index contributed by atoms with van der Waals surface area (Å²) in [6.07, 6.45) is -0.797. The van der Waals surface area contributed by atoms with Gasteiger partial charge >= 0.3 is 0 Å². The Balaban J connectivity index is 1.47. The summed E-state index contributed by atoms with van der Waals surface area (Å²) >= 11 is 6.12. The lowest BCUT2D eigenvalue weighted by atomic mass is 10.1. The Morgan fingerprint density at radius 2 is 1.60 bits per heavy atom. The topological polar surface area (TPSA) is 76.7 Å². The second-order valence-corrected chi connectivity index (χ2v) is 7.34. The van der Waals surface area contributed by atoms with Crippen molar-refractivity contribution in [3.05, 3.63) is 70.7 Å². The van der Waals surface area contributed by atoms with Gasteiger partial charge in [0.05, 0.1) is 0 Å². The molecular formula is C23H23ClN2O4. The minimum Gasteiger partial charge on any atom is -0.484 e. The summed E-state index contributed by atoms with van der Waals surface area (Å²) in [6, 6.07) is 17.0. The molecule has 3 aromatic rings. The maximum Gasteiger partial charge on any atom is 0.279 e. The van der Waals surface area contributed by atoms with Crippen LogP contribution in [0.5, 0.6) is 11.5 Å². The Labute approximate surface area is 180 Å². The van der Waals surface area contributed by atoms with E-state index in [0.29, 0.717) is 16.5 Å². The maximum absolute atomic E-state index is 12.2. The quantitative estimate of drug-likeness (QED) is 0.582. The van der Waals surface area contributed by atoms with E-state index in [0.717, 1.165) is 21.9 Å². The van der Waals surface area contributed by atoms with Crippen molar-refractivity contribution in [1.82, 2.24) is 10.9 Å². The molecule has 0 aliphatic heterocycles. The molecule has 3 aromatic carbocycles. The fraction of sp³-hybridized carbons (Fsp3) is 0.217. The SMILES string of the molecule is Cc1cc(OCC(=O)NNC(=O)C(C)Oc2ccc3ccccc3c2)cc(C)c1Cl. The number of benzene rings is 3. The van der Waals surface area contributed by atoms with E-state index in [2.05, 4.69) is 10.9 Å². The molecule has 0 aliphatic rings. The average molecular weight is 427 g/mol. The number of halogens is 1. The van der Waals surface area contributed by atoms with Crippen LogP contribution in [0.4, 0.5) is 0 Å². The highest BCUT2D eigenvalue weighted by Crippen LogP contribution is 2.25. The van der Waals surface area contributed by atoms with Gasteiger partial charge in [0.25, 0.3) is 11.8 Å². The third-order valence-corrected chi connectivity index (χ3v) is 5.10. The summed E-state index contributed by atoms with van der Waals surface area (Å²) in [5.41, 5.74) is 6.39. The van der Waals surface area contributed by atoms with Crippen molar-refractivity contribution in [1.29, 1.82) is 0 Å². The van der Waals surface area contributed by atoms with Crippen molar-refractivity contribution >= 4 is 34.2 Å².